The maximum atomic E-state index is 13.7. The van der Waals surface area contributed by atoms with Gasteiger partial charge in [-0.3, -0.25) is 14.4 Å². The highest BCUT2D eigenvalue weighted by Gasteiger charge is 2.60. The molecule has 6 rings (SSSR count). The van der Waals surface area contributed by atoms with Crippen molar-refractivity contribution in [3.63, 3.8) is 0 Å². The SMILES string of the molecule is O=C1[C@@H]2[C@H](ON(c3ccccc3)[C@@H]2c2ccc(OCc3ccccc3)cc2)C(=O)N1c1ccccc1. The van der Waals surface area contributed by atoms with Crippen LogP contribution in [-0.4, -0.2) is 17.9 Å². The van der Waals surface area contributed by atoms with Crippen LogP contribution in [-0.2, 0) is 21.0 Å². The van der Waals surface area contributed by atoms with Crippen molar-refractivity contribution in [1.29, 1.82) is 0 Å². The van der Waals surface area contributed by atoms with Gasteiger partial charge in [-0.2, -0.15) is 0 Å². The van der Waals surface area contributed by atoms with E-state index in [0.717, 1.165) is 22.6 Å². The predicted molar refractivity (Wildman–Crippen MR) is 136 cm³/mol. The molecular weight excluding hydrogens is 452 g/mol. The van der Waals surface area contributed by atoms with E-state index in [1.807, 2.05) is 103 Å². The molecule has 0 spiro atoms. The Balaban J connectivity index is 1.31. The van der Waals surface area contributed by atoms with Crippen LogP contribution < -0.4 is 14.7 Å². The third kappa shape index (κ3) is 3.91. The summed E-state index contributed by atoms with van der Waals surface area (Å²) in [6, 6.07) is 35.7. The van der Waals surface area contributed by atoms with Crippen LogP contribution in [0.15, 0.2) is 115 Å². The summed E-state index contributed by atoms with van der Waals surface area (Å²) in [5.41, 5.74) is 3.29. The molecule has 0 radical (unpaired) electrons. The minimum Gasteiger partial charge on any atom is -0.489 e. The largest absolute Gasteiger partial charge is 0.489 e. The monoisotopic (exact) mass is 476 g/mol. The molecule has 0 aromatic heterocycles. The van der Waals surface area contributed by atoms with Gasteiger partial charge in [-0.25, -0.2) is 9.96 Å². The molecule has 6 nitrogen and oxygen atoms in total. The molecule has 0 N–H and O–H groups in total. The highest BCUT2D eigenvalue weighted by Crippen LogP contribution is 2.47. The molecule has 2 fully saturated rings. The van der Waals surface area contributed by atoms with Crippen LogP contribution in [0.25, 0.3) is 0 Å². The molecule has 2 saturated heterocycles. The molecule has 0 bridgehead atoms. The summed E-state index contributed by atoms with van der Waals surface area (Å²) in [6.07, 6.45) is -0.892. The van der Waals surface area contributed by atoms with E-state index in [-0.39, 0.29) is 11.8 Å². The van der Waals surface area contributed by atoms with Gasteiger partial charge in [0.05, 0.1) is 17.4 Å². The third-order valence-corrected chi connectivity index (χ3v) is 6.61. The first-order valence-electron chi connectivity index (χ1n) is 11.9. The van der Waals surface area contributed by atoms with Crippen molar-refractivity contribution < 1.29 is 19.2 Å². The molecule has 178 valence electrons. The second-order valence-electron chi connectivity index (χ2n) is 8.85. The minimum atomic E-state index is -0.892. The van der Waals surface area contributed by atoms with Gasteiger partial charge in [-0.15, -0.1) is 0 Å². The minimum absolute atomic E-state index is 0.260. The van der Waals surface area contributed by atoms with E-state index in [2.05, 4.69) is 0 Å². The van der Waals surface area contributed by atoms with Gasteiger partial charge in [0.1, 0.15) is 18.3 Å². The number of nitrogens with zero attached hydrogens (tertiary/aromatic N) is 2. The summed E-state index contributed by atoms with van der Waals surface area (Å²) in [7, 11) is 0. The van der Waals surface area contributed by atoms with Gasteiger partial charge in [-0.05, 0) is 47.5 Å². The summed E-state index contributed by atoms with van der Waals surface area (Å²) in [5.74, 6) is -0.551. The van der Waals surface area contributed by atoms with E-state index in [0.29, 0.717) is 12.3 Å². The summed E-state index contributed by atoms with van der Waals surface area (Å²) < 4.78 is 5.95. The second kappa shape index (κ2) is 9.32. The van der Waals surface area contributed by atoms with Crippen molar-refractivity contribution in [3.05, 3.63) is 126 Å². The van der Waals surface area contributed by atoms with Crippen LogP contribution in [0.2, 0.25) is 0 Å². The van der Waals surface area contributed by atoms with Crippen molar-refractivity contribution >= 4 is 23.2 Å². The van der Waals surface area contributed by atoms with E-state index in [1.165, 1.54) is 4.90 Å². The van der Waals surface area contributed by atoms with E-state index in [4.69, 9.17) is 9.57 Å². The van der Waals surface area contributed by atoms with Crippen LogP contribution >= 0.6 is 0 Å². The molecule has 2 heterocycles. The highest BCUT2D eigenvalue weighted by molar-refractivity contribution is 6.23. The first-order chi connectivity index (χ1) is 17.7. The van der Waals surface area contributed by atoms with Crippen molar-refractivity contribution in [2.45, 2.75) is 18.8 Å². The predicted octanol–water partition coefficient (Wildman–Crippen LogP) is 5.32. The van der Waals surface area contributed by atoms with Gasteiger partial charge in [0, 0.05) is 0 Å². The van der Waals surface area contributed by atoms with Gasteiger partial charge < -0.3 is 4.74 Å². The van der Waals surface area contributed by atoms with Crippen LogP contribution in [0.3, 0.4) is 0 Å². The molecule has 6 heteroatoms. The molecule has 2 aliphatic rings. The zero-order valence-electron chi connectivity index (χ0n) is 19.4. The van der Waals surface area contributed by atoms with Crippen molar-refractivity contribution in [1.82, 2.24) is 0 Å². The third-order valence-electron chi connectivity index (χ3n) is 6.61. The summed E-state index contributed by atoms with van der Waals surface area (Å²) in [6.45, 7) is 0.465. The van der Waals surface area contributed by atoms with Gasteiger partial charge in [0.2, 0.25) is 5.91 Å². The topological polar surface area (TPSA) is 59.1 Å². The number of para-hydroxylation sites is 2. The molecule has 4 aromatic carbocycles. The fraction of sp³-hybridized carbons (Fsp3) is 0.133. The van der Waals surface area contributed by atoms with Crippen LogP contribution in [0.5, 0.6) is 5.75 Å². The standard InChI is InChI=1S/C30H24N2O4/c33-29-26-27(22-16-18-25(19-17-22)35-20-21-10-4-1-5-11-21)32(24-14-8-3-9-15-24)36-28(26)30(34)31(29)23-12-6-2-7-13-23/h1-19,26-28H,20H2/t26-,27+,28-/m0/s1. The molecular formula is C30H24N2O4. The van der Waals surface area contributed by atoms with Gasteiger partial charge in [0.25, 0.3) is 5.91 Å². The number of hydrogen-bond acceptors (Lipinski definition) is 5. The summed E-state index contributed by atoms with van der Waals surface area (Å²) in [5, 5.41) is 1.70. The van der Waals surface area contributed by atoms with Crippen molar-refractivity contribution in [2.24, 2.45) is 5.92 Å². The van der Waals surface area contributed by atoms with E-state index in [1.54, 1.807) is 17.2 Å². The number of anilines is 2. The average molecular weight is 477 g/mol. The first kappa shape index (κ1) is 22.1. The molecule has 2 amide bonds. The molecule has 0 saturated carbocycles. The number of imide groups is 1. The molecule has 2 aliphatic heterocycles. The molecule has 4 aromatic rings. The molecule has 36 heavy (non-hydrogen) atoms. The zero-order chi connectivity index (χ0) is 24.5. The normalized spacial score (nSPS) is 21.1. The summed E-state index contributed by atoms with van der Waals surface area (Å²) in [4.78, 5) is 34.5. The maximum Gasteiger partial charge on any atom is 0.266 e. The number of ether oxygens (including phenoxy) is 1. The smallest absolute Gasteiger partial charge is 0.266 e. The number of amides is 2. The van der Waals surface area contributed by atoms with Crippen molar-refractivity contribution in [2.75, 3.05) is 9.96 Å². The van der Waals surface area contributed by atoms with Crippen LogP contribution in [0.1, 0.15) is 17.2 Å². The molecule has 3 atom stereocenters. The quantitative estimate of drug-likeness (QED) is 0.353. The number of fused-ring (bicyclic) bond motifs is 1. The Kier molecular flexibility index (Phi) is 5.71. The van der Waals surface area contributed by atoms with Crippen LogP contribution in [0, 0.1) is 5.92 Å². The average Bonchev–Trinajstić information content (AvgIpc) is 3.45. The second-order valence-corrected chi connectivity index (χ2v) is 8.85. The molecule has 0 aliphatic carbocycles. The van der Waals surface area contributed by atoms with E-state index < -0.39 is 18.1 Å². The first-order valence-corrected chi connectivity index (χ1v) is 11.9. The number of hydroxylamine groups is 1. The zero-order valence-corrected chi connectivity index (χ0v) is 19.4. The fourth-order valence-electron chi connectivity index (χ4n) is 4.89. The Morgan fingerprint density at radius 1 is 0.667 bits per heavy atom. The van der Waals surface area contributed by atoms with Gasteiger partial charge in [0.15, 0.2) is 6.10 Å². The van der Waals surface area contributed by atoms with Gasteiger partial charge >= 0.3 is 0 Å². The lowest BCUT2D eigenvalue weighted by Crippen LogP contribution is -2.37. The van der Waals surface area contributed by atoms with Crippen molar-refractivity contribution in [3.8, 4) is 5.75 Å². The fourth-order valence-corrected chi connectivity index (χ4v) is 4.89. The van der Waals surface area contributed by atoms with Crippen LogP contribution in [0.4, 0.5) is 11.4 Å². The maximum absolute atomic E-state index is 13.7. The lowest BCUT2D eigenvalue weighted by atomic mass is 9.90. The Morgan fingerprint density at radius 3 is 1.89 bits per heavy atom. The number of carbonyl (C=O) groups is 2. The number of hydrogen-bond donors (Lipinski definition) is 0. The Hall–Kier alpha value is -4.42. The van der Waals surface area contributed by atoms with Gasteiger partial charge in [-0.1, -0.05) is 78.9 Å². The Bertz CT molecular complexity index is 1360. The van der Waals surface area contributed by atoms with E-state index >= 15 is 0 Å². The molecule has 0 unspecified atom stereocenters. The Morgan fingerprint density at radius 2 is 1.25 bits per heavy atom. The number of carbonyl (C=O) groups excluding carboxylic acids is 2. The Labute approximate surface area is 209 Å². The number of benzene rings is 4. The number of rotatable bonds is 6. The highest BCUT2D eigenvalue weighted by atomic mass is 16.7. The van der Waals surface area contributed by atoms with E-state index in [9.17, 15) is 9.59 Å². The summed E-state index contributed by atoms with van der Waals surface area (Å²) >= 11 is 0. The lowest BCUT2D eigenvalue weighted by molar-refractivity contribution is -0.126. The lowest BCUT2D eigenvalue weighted by Gasteiger charge is -2.28.